The number of carboxylic acids is 1. The summed E-state index contributed by atoms with van der Waals surface area (Å²) in [5, 5.41) is 8.32. The maximum absolute atomic E-state index is 10.1. The Hall–Kier alpha value is -0.650. The molecule has 0 amide bonds. The summed E-state index contributed by atoms with van der Waals surface area (Å²) in [4.78, 5) is 12.3. The van der Waals surface area contributed by atoms with Crippen LogP contribution in [0.1, 0.15) is 6.92 Å². The van der Waals surface area contributed by atoms with E-state index in [9.17, 15) is 4.79 Å². The number of carboxylic acid groups (broad SMARTS) is 1. The third kappa shape index (κ3) is 7.97. The monoisotopic (exact) mass is 205 g/mol. The van der Waals surface area contributed by atoms with Gasteiger partial charge in [-0.15, -0.1) is 0 Å². The van der Waals surface area contributed by atoms with E-state index >= 15 is 0 Å². The summed E-state index contributed by atoms with van der Waals surface area (Å²) in [6, 6.07) is 0. The molecule has 14 heavy (non-hydrogen) atoms. The standard InChI is InChI=1S/C9H19NO4/c1-3-10(4-6-13-2)5-7-14-8-9(11)12/h3-8H2,1-2H3,(H,11,12). The Balaban J connectivity index is 3.37. The fraction of sp³-hybridized carbons (Fsp3) is 0.889. The van der Waals surface area contributed by atoms with Gasteiger partial charge in [0.1, 0.15) is 6.61 Å². The number of hydrogen-bond acceptors (Lipinski definition) is 4. The molecule has 0 unspecified atom stereocenters. The number of hydrogen-bond donors (Lipinski definition) is 1. The third-order valence-electron chi connectivity index (χ3n) is 1.84. The molecule has 0 spiro atoms. The molecular weight excluding hydrogens is 186 g/mol. The van der Waals surface area contributed by atoms with Gasteiger partial charge in [-0.3, -0.25) is 4.90 Å². The van der Waals surface area contributed by atoms with Gasteiger partial charge in [0.05, 0.1) is 13.2 Å². The first-order valence-electron chi connectivity index (χ1n) is 4.71. The van der Waals surface area contributed by atoms with Crippen LogP contribution in [0.25, 0.3) is 0 Å². The Kier molecular flexibility index (Phi) is 8.51. The third-order valence-corrected chi connectivity index (χ3v) is 1.84. The van der Waals surface area contributed by atoms with Gasteiger partial charge in [-0.2, -0.15) is 0 Å². The molecule has 0 aliphatic carbocycles. The second kappa shape index (κ2) is 8.93. The lowest BCUT2D eigenvalue weighted by Gasteiger charge is -2.19. The Morgan fingerprint density at radius 3 is 2.50 bits per heavy atom. The normalized spacial score (nSPS) is 10.8. The summed E-state index contributed by atoms with van der Waals surface area (Å²) >= 11 is 0. The molecular formula is C9H19NO4. The number of nitrogens with zero attached hydrogens (tertiary/aromatic N) is 1. The number of likely N-dealkylation sites (N-methyl/N-ethyl adjacent to an activating group) is 1. The Labute approximate surface area is 84.6 Å². The topological polar surface area (TPSA) is 59.0 Å². The van der Waals surface area contributed by atoms with Crippen LogP contribution >= 0.6 is 0 Å². The lowest BCUT2D eigenvalue weighted by molar-refractivity contribution is -0.142. The van der Waals surface area contributed by atoms with E-state index in [1.807, 2.05) is 6.92 Å². The lowest BCUT2D eigenvalue weighted by atomic mass is 10.5. The van der Waals surface area contributed by atoms with E-state index in [-0.39, 0.29) is 6.61 Å². The van der Waals surface area contributed by atoms with E-state index in [0.717, 1.165) is 19.6 Å². The predicted molar refractivity (Wildman–Crippen MR) is 52.4 cm³/mol. The van der Waals surface area contributed by atoms with E-state index in [1.54, 1.807) is 7.11 Å². The highest BCUT2D eigenvalue weighted by Crippen LogP contribution is 1.88. The lowest BCUT2D eigenvalue weighted by Crippen LogP contribution is -2.31. The highest BCUT2D eigenvalue weighted by Gasteiger charge is 2.02. The second-order valence-electron chi connectivity index (χ2n) is 2.87. The van der Waals surface area contributed by atoms with Crippen molar-refractivity contribution in [3.05, 3.63) is 0 Å². The first kappa shape index (κ1) is 13.4. The zero-order chi connectivity index (χ0) is 10.8. The van der Waals surface area contributed by atoms with Crippen molar-refractivity contribution < 1.29 is 19.4 Å². The van der Waals surface area contributed by atoms with Gasteiger partial charge in [0.15, 0.2) is 0 Å². The first-order valence-corrected chi connectivity index (χ1v) is 4.71. The van der Waals surface area contributed by atoms with Gasteiger partial charge in [0, 0.05) is 20.2 Å². The highest BCUT2D eigenvalue weighted by atomic mass is 16.5. The van der Waals surface area contributed by atoms with Crippen LogP contribution in [0.2, 0.25) is 0 Å². The molecule has 0 aliphatic heterocycles. The largest absolute Gasteiger partial charge is 0.480 e. The molecule has 0 saturated heterocycles. The second-order valence-corrected chi connectivity index (χ2v) is 2.87. The van der Waals surface area contributed by atoms with Gasteiger partial charge in [0.2, 0.25) is 0 Å². The fourth-order valence-electron chi connectivity index (χ4n) is 1.00. The maximum atomic E-state index is 10.1. The van der Waals surface area contributed by atoms with Gasteiger partial charge < -0.3 is 14.6 Å². The van der Waals surface area contributed by atoms with Crippen LogP contribution in [0, 0.1) is 0 Å². The van der Waals surface area contributed by atoms with Crippen molar-refractivity contribution in [1.82, 2.24) is 4.90 Å². The summed E-state index contributed by atoms with van der Waals surface area (Å²) in [5.74, 6) is -0.926. The van der Waals surface area contributed by atoms with Gasteiger partial charge in [-0.05, 0) is 6.54 Å². The Morgan fingerprint density at radius 2 is 2.00 bits per heavy atom. The van der Waals surface area contributed by atoms with E-state index in [1.165, 1.54) is 0 Å². The van der Waals surface area contributed by atoms with E-state index in [2.05, 4.69) is 4.90 Å². The van der Waals surface area contributed by atoms with Gasteiger partial charge >= 0.3 is 5.97 Å². The van der Waals surface area contributed by atoms with E-state index in [4.69, 9.17) is 14.6 Å². The van der Waals surface area contributed by atoms with E-state index < -0.39 is 5.97 Å². The van der Waals surface area contributed by atoms with Crippen LogP contribution in [0.5, 0.6) is 0 Å². The van der Waals surface area contributed by atoms with Gasteiger partial charge in [-0.25, -0.2) is 4.79 Å². The summed E-state index contributed by atoms with van der Waals surface area (Å²) in [6.45, 7) is 5.47. The SMILES string of the molecule is CCN(CCOC)CCOCC(=O)O. The minimum atomic E-state index is -0.926. The molecule has 0 rings (SSSR count). The van der Waals surface area contributed by atoms with Crippen LogP contribution in [0.3, 0.4) is 0 Å². The molecule has 84 valence electrons. The van der Waals surface area contributed by atoms with Crippen molar-refractivity contribution in [2.24, 2.45) is 0 Å². The van der Waals surface area contributed by atoms with Crippen LogP contribution in [0.4, 0.5) is 0 Å². The van der Waals surface area contributed by atoms with Crippen molar-refractivity contribution in [1.29, 1.82) is 0 Å². The molecule has 0 aromatic carbocycles. The zero-order valence-corrected chi connectivity index (χ0v) is 8.86. The van der Waals surface area contributed by atoms with Crippen molar-refractivity contribution in [3.8, 4) is 0 Å². The summed E-state index contributed by atoms with van der Waals surface area (Å²) in [7, 11) is 1.66. The van der Waals surface area contributed by atoms with Crippen molar-refractivity contribution in [2.75, 3.05) is 46.6 Å². The van der Waals surface area contributed by atoms with Crippen LogP contribution in [0.15, 0.2) is 0 Å². The summed E-state index contributed by atoms with van der Waals surface area (Å²) in [5.41, 5.74) is 0. The molecule has 0 radical (unpaired) electrons. The number of rotatable bonds is 9. The highest BCUT2D eigenvalue weighted by molar-refractivity contribution is 5.67. The summed E-state index contributed by atoms with van der Waals surface area (Å²) in [6.07, 6.45) is 0. The first-order chi connectivity index (χ1) is 6.70. The molecule has 0 saturated carbocycles. The molecule has 0 aliphatic rings. The quantitative estimate of drug-likeness (QED) is 0.539. The Bertz CT molecular complexity index is 152. The maximum Gasteiger partial charge on any atom is 0.329 e. The number of aliphatic carboxylic acids is 1. The molecule has 0 aromatic rings. The van der Waals surface area contributed by atoms with Gasteiger partial charge in [0.25, 0.3) is 0 Å². The van der Waals surface area contributed by atoms with Crippen LogP contribution in [-0.2, 0) is 14.3 Å². The smallest absolute Gasteiger partial charge is 0.329 e. The van der Waals surface area contributed by atoms with Crippen LogP contribution < -0.4 is 0 Å². The molecule has 0 bridgehead atoms. The molecule has 5 nitrogen and oxygen atoms in total. The molecule has 1 N–H and O–H groups in total. The molecule has 0 atom stereocenters. The molecule has 5 heteroatoms. The van der Waals surface area contributed by atoms with Crippen molar-refractivity contribution >= 4 is 5.97 Å². The predicted octanol–water partition coefficient (Wildman–Crippen LogP) is 0.0559. The molecule has 0 heterocycles. The minimum Gasteiger partial charge on any atom is -0.480 e. The summed E-state index contributed by atoms with van der Waals surface area (Å²) < 4.78 is 9.87. The molecule has 0 fully saturated rings. The number of methoxy groups -OCH3 is 1. The Morgan fingerprint density at radius 1 is 1.36 bits per heavy atom. The van der Waals surface area contributed by atoms with Crippen LogP contribution in [-0.4, -0.2) is 62.5 Å². The van der Waals surface area contributed by atoms with Crippen molar-refractivity contribution in [2.45, 2.75) is 6.92 Å². The minimum absolute atomic E-state index is 0.220. The average Bonchev–Trinajstić information content (AvgIpc) is 2.16. The number of carbonyl (C=O) groups is 1. The zero-order valence-electron chi connectivity index (χ0n) is 8.86. The van der Waals surface area contributed by atoms with Gasteiger partial charge in [-0.1, -0.05) is 6.92 Å². The van der Waals surface area contributed by atoms with E-state index in [0.29, 0.717) is 13.2 Å². The fourth-order valence-corrected chi connectivity index (χ4v) is 1.00. The average molecular weight is 205 g/mol. The molecule has 0 aromatic heterocycles. The van der Waals surface area contributed by atoms with Crippen molar-refractivity contribution in [3.63, 3.8) is 0 Å². The number of ether oxygens (including phenoxy) is 2.